The second kappa shape index (κ2) is 3.52. The molecule has 2 unspecified atom stereocenters. The number of carbonyl (C=O) groups is 1. The van der Waals surface area contributed by atoms with Crippen LogP contribution in [-0.4, -0.2) is 37.6 Å². The number of piperidine rings is 2. The molecule has 1 aromatic carbocycles. The van der Waals surface area contributed by atoms with Gasteiger partial charge in [0.05, 0.1) is 13.1 Å². The summed E-state index contributed by atoms with van der Waals surface area (Å²) in [5.41, 5.74) is 1.11. The number of benzene rings is 1. The summed E-state index contributed by atoms with van der Waals surface area (Å²) in [5.74, 6) is 0.499. The van der Waals surface area contributed by atoms with Crippen molar-refractivity contribution < 1.29 is 14.6 Å². The molecule has 3 heteroatoms. The van der Waals surface area contributed by atoms with Crippen LogP contribution in [0.4, 0.5) is 0 Å². The molecule has 0 spiro atoms. The van der Waals surface area contributed by atoms with E-state index in [-0.39, 0.29) is 16.5 Å². The maximum absolute atomic E-state index is 13.2. The molecule has 2 atom stereocenters. The number of quaternary nitrogens is 2. The molecule has 4 heterocycles. The predicted octanol–water partition coefficient (Wildman–Crippen LogP) is -0.953. The number of rotatable bonds is 1. The van der Waals surface area contributed by atoms with E-state index in [4.69, 9.17) is 0 Å². The smallest absolute Gasteiger partial charge is 0.216 e. The molecule has 0 saturated carbocycles. The van der Waals surface area contributed by atoms with Crippen molar-refractivity contribution in [2.75, 3.05) is 26.2 Å². The minimum atomic E-state index is -0.243. The molecule has 4 bridgehead atoms. The third-order valence-corrected chi connectivity index (χ3v) is 6.31. The minimum Gasteiger partial charge on any atom is -0.297 e. The molecule has 0 radical (unpaired) electrons. The molecule has 3 nitrogen and oxygen atoms in total. The van der Waals surface area contributed by atoms with Crippen molar-refractivity contribution in [1.29, 1.82) is 0 Å². The average Bonchev–Trinajstić information content (AvgIpc) is 2.40. The van der Waals surface area contributed by atoms with Crippen molar-refractivity contribution in [3.05, 3.63) is 35.9 Å². The van der Waals surface area contributed by atoms with E-state index in [1.165, 1.54) is 5.56 Å². The van der Waals surface area contributed by atoms with Gasteiger partial charge in [0, 0.05) is 13.8 Å². The zero-order valence-electron chi connectivity index (χ0n) is 12.6. The molecule has 106 valence electrons. The third-order valence-electron chi connectivity index (χ3n) is 6.31. The van der Waals surface area contributed by atoms with E-state index < -0.39 is 0 Å². The topological polar surface area (TPSA) is 26.0 Å². The van der Waals surface area contributed by atoms with Crippen molar-refractivity contribution in [3.63, 3.8) is 0 Å². The van der Waals surface area contributed by atoms with Crippen LogP contribution in [0.25, 0.3) is 0 Å². The summed E-state index contributed by atoms with van der Waals surface area (Å²) in [5, 5.41) is 0. The fourth-order valence-corrected chi connectivity index (χ4v) is 5.05. The molecule has 0 aliphatic carbocycles. The van der Waals surface area contributed by atoms with Crippen LogP contribution < -0.4 is 9.80 Å². The quantitative estimate of drug-likeness (QED) is 0.677. The Bertz CT molecular complexity index is 560. The molecule has 4 aliphatic rings. The van der Waals surface area contributed by atoms with Crippen molar-refractivity contribution in [1.82, 2.24) is 0 Å². The maximum Gasteiger partial charge on any atom is 0.216 e. The molecular weight excluding hydrogens is 248 g/mol. The Balaban J connectivity index is 1.88. The second-order valence-corrected chi connectivity index (χ2v) is 7.88. The van der Waals surface area contributed by atoms with Crippen molar-refractivity contribution >= 4 is 5.78 Å². The third kappa shape index (κ3) is 1.30. The Kier molecular flexibility index (Phi) is 2.21. The molecule has 4 aliphatic heterocycles. The van der Waals surface area contributed by atoms with Crippen molar-refractivity contribution in [3.8, 4) is 0 Å². The molecular formula is C17H24N2O+2. The molecule has 4 saturated heterocycles. The number of hydrogen-bond donors (Lipinski definition) is 2. The number of carbonyl (C=O) groups excluding carboxylic acids is 1. The van der Waals surface area contributed by atoms with E-state index >= 15 is 0 Å². The van der Waals surface area contributed by atoms with Gasteiger partial charge in [-0.15, -0.1) is 0 Å². The molecule has 2 N–H and O–H groups in total. The van der Waals surface area contributed by atoms with Crippen LogP contribution in [-0.2, 0) is 10.2 Å². The predicted molar refractivity (Wildman–Crippen MR) is 76.7 cm³/mol. The lowest BCUT2D eigenvalue weighted by atomic mass is 9.57. The van der Waals surface area contributed by atoms with Crippen LogP contribution >= 0.6 is 0 Å². The van der Waals surface area contributed by atoms with Crippen molar-refractivity contribution in [2.45, 2.75) is 31.8 Å². The van der Waals surface area contributed by atoms with Gasteiger partial charge in [-0.1, -0.05) is 30.3 Å². The van der Waals surface area contributed by atoms with Crippen molar-refractivity contribution in [2.24, 2.45) is 5.41 Å². The first-order valence-corrected chi connectivity index (χ1v) is 7.69. The van der Waals surface area contributed by atoms with Crippen LogP contribution in [0.1, 0.15) is 26.3 Å². The first-order chi connectivity index (χ1) is 9.38. The first-order valence-electron chi connectivity index (χ1n) is 7.69. The summed E-state index contributed by atoms with van der Waals surface area (Å²) in [6.07, 6.45) is 0. The highest BCUT2D eigenvalue weighted by Crippen LogP contribution is 2.38. The highest BCUT2D eigenvalue weighted by molar-refractivity contribution is 5.96. The normalized spacial score (nSPS) is 44.9. The van der Waals surface area contributed by atoms with Crippen LogP contribution in [0.2, 0.25) is 0 Å². The molecule has 0 amide bonds. The zero-order chi connectivity index (χ0) is 14.2. The number of nitrogens with one attached hydrogen (secondary N) is 2. The SMILES string of the molecule is CC12C[NH+]3CC(c4ccccc4)(C[NH+](C1)C3(C)C)C2=O. The lowest BCUT2D eigenvalue weighted by molar-refractivity contribution is -1.19. The van der Waals surface area contributed by atoms with Gasteiger partial charge in [-0.25, -0.2) is 0 Å². The Hall–Kier alpha value is -1.19. The molecule has 20 heavy (non-hydrogen) atoms. The standard InChI is InChI=1S/C17H22N2O/c1-15(2)18-9-16(3)10-19(15)12-17(11-18,14(16)20)13-7-5-4-6-8-13/h4-8H,9-12H2,1-3H3/p+2. The zero-order valence-corrected chi connectivity index (χ0v) is 12.6. The average molecular weight is 272 g/mol. The van der Waals surface area contributed by atoms with Gasteiger partial charge < -0.3 is 0 Å². The Labute approximate surface area is 120 Å². The maximum atomic E-state index is 13.2. The molecule has 0 aromatic heterocycles. The van der Waals surface area contributed by atoms with Crippen LogP contribution in [0.5, 0.6) is 0 Å². The summed E-state index contributed by atoms with van der Waals surface area (Å²) < 4.78 is 0. The van der Waals surface area contributed by atoms with Gasteiger partial charge in [0.15, 0.2) is 11.2 Å². The van der Waals surface area contributed by atoms with Gasteiger partial charge in [-0.05, 0) is 12.5 Å². The number of hydrogen-bond acceptors (Lipinski definition) is 1. The van der Waals surface area contributed by atoms with Gasteiger partial charge in [0.1, 0.15) is 18.5 Å². The fraction of sp³-hybridized carbons (Fsp3) is 0.588. The van der Waals surface area contributed by atoms with E-state index in [0.717, 1.165) is 26.2 Å². The van der Waals surface area contributed by atoms with Gasteiger partial charge in [0.2, 0.25) is 5.66 Å². The highest BCUT2D eigenvalue weighted by Gasteiger charge is 2.72. The number of Topliss-reactive ketones (excluding diaryl/α,β-unsaturated/α-hetero) is 1. The fourth-order valence-electron chi connectivity index (χ4n) is 5.05. The lowest BCUT2D eigenvalue weighted by Gasteiger charge is -2.63. The molecule has 4 fully saturated rings. The summed E-state index contributed by atoms with van der Waals surface area (Å²) in [4.78, 5) is 16.4. The summed E-state index contributed by atoms with van der Waals surface area (Å²) in [6.45, 7) is 10.9. The Morgan fingerprint density at radius 1 is 0.900 bits per heavy atom. The van der Waals surface area contributed by atoms with E-state index in [0.29, 0.717) is 5.78 Å². The molecule has 5 rings (SSSR count). The van der Waals surface area contributed by atoms with Gasteiger partial charge >= 0.3 is 0 Å². The van der Waals surface area contributed by atoms with Crippen LogP contribution in [0.3, 0.4) is 0 Å². The lowest BCUT2D eigenvalue weighted by Crippen LogP contribution is -3.49. The molecule has 1 aromatic rings. The van der Waals surface area contributed by atoms with E-state index in [2.05, 4.69) is 45.0 Å². The largest absolute Gasteiger partial charge is 0.297 e. The van der Waals surface area contributed by atoms with Gasteiger partial charge in [-0.3, -0.25) is 14.6 Å². The number of ketones is 1. The summed E-state index contributed by atoms with van der Waals surface area (Å²) >= 11 is 0. The van der Waals surface area contributed by atoms with E-state index in [9.17, 15) is 4.79 Å². The van der Waals surface area contributed by atoms with Gasteiger partial charge in [0.25, 0.3) is 0 Å². The Morgan fingerprint density at radius 3 is 2.00 bits per heavy atom. The summed E-state index contributed by atoms with van der Waals surface area (Å²) in [7, 11) is 0. The monoisotopic (exact) mass is 272 g/mol. The van der Waals surface area contributed by atoms with E-state index in [1.54, 1.807) is 9.80 Å². The first kappa shape index (κ1) is 12.5. The minimum absolute atomic E-state index is 0.132. The Morgan fingerprint density at radius 2 is 1.45 bits per heavy atom. The summed E-state index contributed by atoms with van der Waals surface area (Å²) in [6, 6.07) is 10.5. The van der Waals surface area contributed by atoms with E-state index in [1.807, 2.05) is 6.07 Å². The van der Waals surface area contributed by atoms with Gasteiger partial charge in [-0.2, -0.15) is 0 Å². The highest BCUT2D eigenvalue weighted by atomic mass is 16.1. The van der Waals surface area contributed by atoms with Crippen LogP contribution in [0, 0.1) is 5.41 Å². The second-order valence-electron chi connectivity index (χ2n) is 7.88. The van der Waals surface area contributed by atoms with Crippen LogP contribution in [0.15, 0.2) is 30.3 Å².